The third kappa shape index (κ3) is 1.66. The van der Waals surface area contributed by atoms with Gasteiger partial charge in [0.2, 0.25) is 5.91 Å². The fraction of sp³-hybridized carbons (Fsp3) is 0.444. The van der Waals surface area contributed by atoms with Gasteiger partial charge in [0.15, 0.2) is 0 Å². The first-order valence-corrected chi connectivity index (χ1v) is 4.20. The molecule has 2 amide bonds. The van der Waals surface area contributed by atoms with Gasteiger partial charge in [0.1, 0.15) is 6.04 Å². The van der Waals surface area contributed by atoms with Gasteiger partial charge in [-0.2, -0.15) is 0 Å². The van der Waals surface area contributed by atoms with E-state index in [0.717, 1.165) is 4.90 Å². The molecule has 14 heavy (non-hydrogen) atoms. The lowest BCUT2D eigenvalue weighted by Crippen LogP contribution is -2.43. The zero-order valence-corrected chi connectivity index (χ0v) is 7.82. The van der Waals surface area contributed by atoms with Crippen LogP contribution in [-0.2, 0) is 14.4 Å². The number of likely N-dealkylation sites (tertiary alicyclic amines) is 1. The molecule has 1 heterocycles. The van der Waals surface area contributed by atoms with Gasteiger partial charge in [-0.15, -0.1) is 0 Å². The summed E-state index contributed by atoms with van der Waals surface area (Å²) in [4.78, 5) is 34.1. The van der Waals surface area contributed by atoms with Crippen molar-refractivity contribution in [1.82, 2.24) is 4.90 Å². The molecule has 0 aliphatic carbocycles. The largest absolute Gasteiger partial charge is 0.480 e. The van der Waals surface area contributed by atoms with Crippen LogP contribution in [0.25, 0.3) is 0 Å². The molecule has 0 spiro atoms. The number of hydrogen-bond acceptors (Lipinski definition) is 3. The Bertz CT molecular complexity index is 321. The lowest BCUT2D eigenvalue weighted by Gasteiger charge is -2.19. The SMILES string of the molecule is C=C(C)C(=O)N1C(=O)CCC1C(=O)O. The highest BCUT2D eigenvalue weighted by Crippen LogP contribution is 2.20. The van der Waals surface area contributed by atoms with Crippen LogP contribution in [0.15, 0.2) is 12.2 Å². The smallest absolute Gasteiger partial charge is 0.326 e. The number of hydrogen-bond donors (Lipinski definition) is 1. The van der Waals surface area contributed by atoms with Crippen molar-refractivity contribution in [2.45, 2.75) is 25.8 Å². The van der Waals surface area contributed by atoms with E-state index in [-0.39, 0.29) is 18.4 Å². The Labute approximate surface area is 81.0 Å². The van der Waals surface area contributed by atoms with Crippen molar-refractivity contribution in [3.63, 3.8) is 0 Å². The van der Waals surface area contributed by atoms with E-state index >= 15 is 0 Å². The average molecular weight is 197 g/mol. The van der Waals surface area contributed by atoms with Gasteiger partial charge < -0.3 is 5.11 Å². The first-order chi connectivity index (χ1) is 6.45. The minimum absolute atomic E-state index is 0.107. The third-order valence-corrected chi connectivity index (χ3v) is 2.08. The molecule has 1 aliphatic heterocycles. The first-order valence-electron chi connectivity index (χ1n) is 4.20. The molecule has 0 aromatic heterocycles. The maximum atomic E-state index is 11.4. The van der Waals surface area contributed by atoms with Gasteiger partial charge in [0.25, 0.3) is 5.91 Å². The predicted molar refractivity (Wildman–Crippen MR) is 47.3 cm³/mol. The molecule has 76 valence electrons. The summed E-state index contributed by atoms with van der Waals surface area (Å²) in [7, 11) is 0. The van der Waals surface area contributed by atoms with Crippen LogP contribution in [0, 0.1) is 0 Å². The van der Waals surface area contributed by atoms with Gasteiger partial charge in [-0.1, -0.05) is 6.58 Å². The Morgan fingerprint density at radius 3 is 2.57 bits per heavy atom. The van der Waals surface area contributed by atoms with Gasteiger partial charge in [0.05, 0.1) is 0 Å². The van der Waals surface area contributed by atoms with Crippen LogP contribution < -0.4 is 0 Å². The van der Waals surface area contributed by atoms with E-state index in [1.807, 2.05) is 0 Å². The molecule has 1 unspecified atom stereocenters. The second-order valence-electron chi connectivity index (χ2n) is 3.24. The summed E-state index contributed by atoms with van der Waals surface area (Å²) in [6.07, 6.45) is 0.295. The Kier molecular flexibility index (Phi) is 2.69. The zero-order chi connectivity index (χ0) is 10.9. The Morgan fingerprint density at radius 2 is 2.14 bits per heavy atom. The standard InChI is InChI=1S/C9H11NO4/c1-5(2)8(12)10-6(9(13)14)3-4-7(10)11/h6H,1,3-4H2,2H3,(H,13,14). The van der Waals surface area contributed by atoms with Crippen LogP contribution in [0.4, 0.5) is 0 Å². The molecule has 0 saturated carbocycles. The van der Waals surface area contributed by atoms with Crippen LogP contribution in [-0.4, -0.2) is 33.8 Å². The minimum atomic E-state index is -1.15. The van der Waals surface area contributed by atoms with Gasteiger partial charge in [-0.05, 0) is 13.3 Å². The highest BCUT2D eigenvalue weighted by Gasteiger charge is 2.40. The number of carboxylic acid groups (broad SMARTS) is 1. The molecule has 5 nitrogen and oxygen atoms in total. The van der Waals surface area contributed by atoms with Gasteiger partial charge in [0, 0.05) is 12.0 Å². The lowest BCUT2D eigenvalue weighted by atomic mass is 10.2. The molecule has 0 aromatic rings. The van der Waals surface area contributed by atoms with Crippen LogP contribution in [0.3, 0.4) is 0 Å². The summed E-state index contributed by atoms with van der Waals surface area (Å²) < 4.78 is 0. The van der Waals surface area contributed by atoms with Crippen LogP contribution in [0.5, 0.6) is 0 Å². The van der Waals surface area contributed by atoms with Crippen molar-refractivity contribution < 1.29 is 19.5 Å². The Morgan fingerprint density at radius 1 is 1.57 bits per heavy atom. The summed E-state index contributed by atoms with van der Waals surface area (Å²) in [5, 5.41) is 8.76. The van der Waals surface area contributed by atoms with E-state index in [0.29, 0.717) is 0 Å². The molecular weight excluding hydrogens is 186 g/mol. The molecule has 0 bridgehead atoms. The van der Waals surface area contributed by atoms with Crippen LogP contribution >= 0.6 is 0 Å². The highest BCUT2D eigenvalue weighted by atomic mass is 16.4. The number of rotatable bonds is 2. The first kappa shape index (κ1) is 10.4. The molecule has 1 saturated heterocycles. The maximum Gasteiger partial charge on any atom is 0.326 e. The van der Waals surface area contributed by atoms with Crippen molar-refractivity contribution in [2.24, 2.45) is 0 Å². The topological polar surface area (TPSA) is 74.7 Å². The molecule has 0 aromatic carbocycles. The monoisotopic (exact) mass is 197 g/mol. The van der Waals surface area contributed by atoms with E-state index in [2.05, 4.69) is 6.58 Å². The van der Waals surface area contributed by atoms with Crippen molar-refractivity contribution in [3.05, 3.63) is 12.2 Å². The van der Waals surface area contributed by atoms with E-state index in [4.69, 9.17) is 5.11 Å². The van der Waals surface area contributed by atoms with Crippen LogP contribution in [0.2, 0.25) is 0 Å². The fourth-order valence-electron chi connectivity index (χ4n) is 1.38. The molecule has 1 fully saturated rings. The number of amides is 2. The third-order valence-electron chi connectivity index (χ3n) is 2.08. The highest BCUT2D eigenvalue weighted by molar-refractivity contribution is 6.07. The summed E-state index contributed by atoms with van der Waals surface area (Å²) in [6, 6.07) is -1.02. The van der Waals surface area contributed by atoms with Crippen molar-refractivity contribution in [1.29, 1.82) is 0 Å². The zero-order valence-electron chi connectivity index (χ0n) is 7.82. The fourth-order valence-corrected chi connectivity index (χ4v) is 1.38. The van der Waals surface area contributed by atoms with Gasteiger partial charge in [-0.3, -0.25) is 14.5 Å². The summed E-state index contributed by atoms with van der Waals surface area (Å²) in [6.45, 7) is 4.84. The molecule has 1 N–H and O–H groups in total. The molecule has 5 heteroatoms. The van der Waals surface area contributed by atoms with Crippen molar-refractivity contribution in [2.75, 3.05) is 0 Å². The summed E-state index contributed by atoms with van der Waals surface area (Å²) in [5.41, 5.74) is 0.173. The molecule has 1 atom stereocenters. The van der Waals surface area contributed by atoms with Gasteiger partial charge in [-0.25, -0.2) is 4.79 Å². The average Bonchev–Trinajstić information content (AvgIpc) is 2.45. The summed E-state index contributed by atoms with van der Waals surface area (Å²) >= 11 is 0. The van der Waals surface area contributed by atoms with E-state index in [9.17, 15) is 14.4 Å². The second kappa shape index (κ2) is 3.61. The lowest BCUT2D eigenvalue weighted by molar-refractivity contribution is -0.152. The number of imide groups is 1. The molecule has 0 radical (unpaired) electrons. The number of carbonyl (C=O) groups excluding carboxylic acids is 2. The van der Waals surface area contributed by atoms with E-state index in [1.165, 1.54) is 6.92 Å². The number of aliphatic carboxylic acids is 1. The van der Waals surface area contributed by atoms with E-state index in [1.54, 1.807) is 0 Å². The Hall–Kier alpha value is -1.65. The van der Waals surface area contributed by atoms with Gasteiger partial charge >= 0.3 is 5.97 Å². The van der Waals surface area contributed by atoms with Crippen LogP contribution in [0.1, 0.15) is 19.8 Å². The Balaban J connectivity index is 2.93. The number of carbonyl (C=O) groups is 3. The maximum absolute atomic E-state index is 11.4. The van der Waals surface area contributed by atoms with Crippen molar-refractivity contribution >= 4 is 17.8 Å². The normalized spacial score (nSPS) is 21.1. The predicted octanol–water partition coefficient (Wildman–Crippen LogP) is 0.165. The molecule has 1 aliphatic rings. The van der Waals surface area contributed by atoms with E-state index < -0.39 is 23.8 Å². The number of nitrogens with zero attached hydrogens (tertiary/aromatic N) is 1. The molecular formula is C9H11NO4. The number of carboxylic acids is 1. The second-order valence-corrected chi connectivity index (χ2v) is 3.24. The minimum Gasteiger partial charge on any atom is -0.480 e. The van der Waals surface area contributed by atoms with Crippen molar-refractivity contribution in [3.8, 4) is 0 Å². The molecule has 1 rings (SSSR count). The quantitative estimate of drug-likeness (QED) is 0.640. The summed E-state index contributed by atoms with van der Waals surface area (Å²) in [5.74, 6) is -2.18.